The normalized spacial score (nSPS) is 16.3. The van der Waals surface area contributed by atoms with Crippen LogP contribution in [0.3, 0.4) is 0 Å². The molecule has 1 aliphatic carbocycles. The highest BCUT2D eigenvalue weighted by Crippen LogP contribution is 2.31. The number of aliphatic carboxylic acids is 1. The van der Waals surface area contributed by atoms with E-state index in [0.717, 1.165) is 51.6 Å². The lowest BCUT2D eigenvalue weighted by molar-refractivity contribution is -0.140. The molecular weight excluding hydrogens is 745 g/mol. The molecule has 4 aromatic rings. The Morgan fingerprint density at radius 1 is 1.02 bits per heavy atom. The number of imidazole rings is 1. The molecule has 0 bridgehead atoms. The number of carboxylic acid groups (broad SMARTS) is 1. The predicted octanol–water partition coefficient (Wildman–Crippen LogP) is 3.26. The van der Waals surface area contributed by atoms with Gasteiger partial charge in [0.05, 0.1) is 45.9 Å². The molecule has 2 aromatic carbocycles. The average molecular weight is 783 g/mol. The third-order valence-corrected chi connectivity index (χ3v) is 10.2. The Bertz CT molecular complexity index is 2240. The molecule has 6 rings (SSSR count). The molecule has 0 spiro atoms. The maximum atomic E-state index is 14.0. The summed E-state index contributed by atoms with van der Waals surface area (Å²) >= 11 is 12.1. The second-order valence-corrected chi connectivity index (χ2v) is 14.1. The van der Waals surface area contributed by atoms with E-state index in [1.54, 1.807) is 24.3 Å². The van der Waals surface area contributed by atoms with Crippen LogP contribution in [0.2, 0.25) is 10.0 Å². The molecule has 1 saturated carbocycles. The van der Waals surface area contributed by atoms with Gasteiger partial charge in [-0.05, 0) is 54.3 Å². The molecule has 0 saturated heterocycles. The average Bonchev–Trinajstić information content (AvgIpc) is 3.71. The topological polar surface area (TPSA) is 216 Å². The van der Waals surface area contributed by atoms with Gasteiger partial charge < -0.3 is 25.5 Å². The summed E-state index contributed by atoms with van der Waals surface area (Å²) in [5.41, 5.74) is 0.678. The van der Waals surface area contributed by atoms with Crippen LogP contribution in [0.4, 0.5) is 0 Å². The predicted molar refractivity (Wildman–Crippen MR) is 196 cm³/mol. The smallest absolute Gasteiger partial charge is 0.348 e. The van der Waals surface area contributed by atoms with Crippen LogP contribution in [0.25, 0.3) is 11.0 Å². The number of ether oxygens (including phenoxy) is 1. The quantitative estimate of drug-likeness (QED) is 0.108. The van der Waals surface area contributed by atoms with Crippen LogP contribution in [0.1, 0.15) is 71.7 Å². The van der Waals surface area contributed by atoms with Gasteiger partial charge in [0.15, 0.2) is 18.4 Å². The van der Waals surface area contributed by atoms with Gasteiger partial charge in [-0.15, -0.1) is 0 Å². The summed E-state index contributed by atoms with van der Waals surface area (Å²) in [6, 6.07) is 6.10. The van der Waals surface area contributed by atoms with Crippen molar-refractivity contribution in [3.63, 3.8) is 0 Å². The van der Waals surface area contributed by atoms with Gasteiger partial charge in [0.1, 0.15) is 6.04 Å². The summed E-state index contributed by atoms with van der Waals surface area (Å²) < 4.78 is 8.12. The molecule has 18 heteroatoms. The first-order chi connectivity index (χ1) is 25.9. The van der Waals surface area contributed by atoms with Crippen LogP contribution in [0.15, 0.2) is 64.0 Å². The first kappa shape index (κ1) is 38.3. The molecule has 1 aliphatic heterocycles. The van der Waals surface area contributed by atoms with Crippen molar-refractivity contribution >= 4 is 63.8 Å². The van der Waals surface area contributed by atoms with E-state index < -0.39 is 66.0 Å². The number of Topliss-reactive ketones (excluding diaryl/α,β-unsaturated/α-hetero) is 1. The Kier molecular flexibility index (Phi) is 11.8. The van der Waals surface area contributed by atoms with Crippen LogP contribution in [-0.4, -0.2) is 77.7 Å². The van der Waals surface area contributed by atoms with E-state index in [1.807, 2.05) is 0 Å². The van der Waals surface area contributed by atoms with Crippen molar-refractivity contribution < 1.29 is 33.8 Å². The van der Waals surface area contributed by atoms with Gasteiger partial charge in [-0.3, -0.25) is 19.2 Å². The second kappa shape index (κ2) is 16.7. The number of ketones is 1. The van der Waals surface area contributed by atoms with E-state index in [4.69, 9.17) is 27.9 Å². The Hall–Kier alpha value is -5.48. The fourth-order valence-electron chi connectivity index (χ4n) is 6.90. The van der Waals surface area contributed by atoms with Gasteiger partial charge in [-0.2, -0.15) is 0 Å². The molecule has 4 N–H and O–H groups in total. The number of hydrogen-bond acceptors (Lipinski definition) is 9. The highest BCUT2D eigenvalue weighted by molar-refractivity contribution is 6.39. The number of rotatable bonds is 14. The molecule has 1 fully saturated rings. The number of aromatic nitrogens is 5. The number of fused-ring (bicyclic) bond motifs is 2. The van der Waals surface area contributed by atoms with Crippen molar-refractivity contribution in [3.05, 3.63) is 96.5 Å². The van der Waals surface area contributed by atoms with Gasteiger partial charge in [-0.25, -0.2) is 33.3 Å². The van der Waals surface area contributed by atoms with Gasteiger partial charge in [0.2, 0.25) is 5.91 Å². The zero-order valence-corrected chi connectivity index (χ0v) is 30.4. The summed E-state index contributed by atoms with van der Waals surface area (Å²) in [5.74, 6) is -4.47. The van der Waals surface area contributed by atoms with Crippen LogP contribution in [-0.2, 0) is 32.2 Å². The third kappa shape index (κ3) is 8.50. The maximum absolute atomic E-state index is 14.0. The number of hydrogen-bond donors (Lipinski definition) is 4. The largest absolute Gasteiger partial charge is 0.481 e. The van der Waals surface area contributed by atoms with Crippen molar-refractivity contribution in [1.29, 1.82) is 0 Å². The number of benzene rings is 2. The molecule has 2 atom stereocenters. The molecule has 16 nitrogen and oxygen atoms in total. The molecular formula is C36H37Cl2N7O9. The number of amides is 2. The van der Waals surface area contributed by atoms with Crippen LogP contribution in [0.5, 0.6) is 0 Å². The molecule has 0 radical (unpaired) electrons. The number of aromatic amines is 1. The minimum absolute atomic E-state index is 0.0265. The lowest BCUT2D eigenvalue weighted by Gasteiger charge is -2.28. The molecule has 3 heterocycles. The van der Waals surface area contributed by atoms with E-state index in [-0.39, 0.29) is 35.2 Å². The molecule has 54 heavy (non-hydrogen) atoms. The van der Waals surface area contributed by atoms with E-state index in [2.05, 4.69) is 20.6 Å². The van der Waals surface area contributed by atoms with Crippen molar-refractivity contribution in [2.24, 2.45) is 5.92 Å². The van der Waals surface area contributed by atoms with Gasteiger partial charge in [0, 0.05) is 18.7 Å². The SMILES string of the molecule is O=C(O)CC(NC(=O)C1C=C(CC2CCCCC2)Cn2c(=O)n(CCNC(=O)c3ccc4nc[nH]c4c3)c(=O)n21)C(=O)COC(=O)c1c(Cl)cccc1Cl. The van der Waals surface area contributed by atoms with Gasteiger partial charge in [-0.1, -0.05) is 61.4 Å². The van der Waals surface area contributed by atoms with Crippen molar-refractivity contribution in [3.8, 4) is 0 Å². The minimum Gasteiger partial charge on any atom is -0.481 e. The van der Waals surface area contributed by atoms with Gasteiger partial charge in [0.25, 0.3) is 5.91 Å². The van der Waals surface area contributed by atoms with Crippen molar-refractivity contribution in [2.45, 2.75) is 70.1 Å². The zero-order chi connectivity index (χ0) is 38.5. The standard InChI is InChI=1S/C36H37Cl2N7O9/c37-23-7-4-8-24(38)31(23)34(51)54-18-29(46)27(16-30(47)48)42-33(50)28-14-21(13-20-5-2-1-3-6-20)17-44-35(52)43(36(53)45(28)44)12-11-39-32(49)22-9-10-25-26(15-22)41-19-40-25/h4,7-10,14-15,19-20,27-28H,1-3,5-6,11-13,16-18H2,(H,39,49)(H,40,41)(H,42,50)(H,47,48). The summed E-state index contributed by atoms with van der Waals surface area (Å²) in [6.07, 6.45) is 7.95. The van der Waals surface area contributed by atoms with E-state index in [9.17, 15) is 38.7 Å². The number of carbonyl (C=O) groups excluding carboxylic acids is 4. The summed E-state index contributed by atoms with van der Waals surface area (Å²) in [7, 11) is 0. The maximum Gasteiger partial charge on any atom is 0.348 e. The third-order valence-electron chi connectivity index (χ3n) is 9.59. The Morgan fingerprint density at radius 2 is 1.76 bits per heavy atom. The molecule has 2 aliphatic rings. The number of nitrogens with zero attached hydrogens (tertiary/aromatic N) is 4. The number of esters is 1. The number of halogens is 2. The Morgan fingerprint density at radius 3 is 2.48 bits per heavy atom. The number of allylic oxidation sites excluding steroid dienone is 1. The molecule has 2 aromatic heterocycles. The fourth-order valence-corrected chi connectivity index (χ4v) is 7.46. The summed E-state index contributed by atoms with van der Waals surface area (Å²) in [4.78, 5) is 99.1. The number of nitrogens with one attached hydrogen (secondary N) is 3. The first-order valence-corrected chi connectivity index (χ1v) is 18.2. The summed E-state index contributed by atoms with van der Waals surface area (Å²) in [5, 5.41) is 14.6. The van der Waals surface area contributed by atoms with E-state index >= 15 is 0 Å². The van der Waals surface area contributed by atoms with Crippen molar-refractivity contribution in [2.75, 3.05) is 13.2 Å². The number of H-pyrrole nitrogens is 1. The highest BCUT2D eigenvalue weighted by Gasteiger charge is 2.35. The molecule has 2 amide bonds. The van der Waals surface area contributed by atoms with Crippen molar-refractivity contribution in [1.82, 2.24) is 34.5 Å². The number of carboxylic acids is 1. The second-order valence-electron chi connectivity index (χ2n) is 13.3. The molecule has 284 valence electrons. The van der Waals surface area contributed by atoms with Gasteiger partial charge >= 0.3 is 23.3 Å². The highest BCUT2D eigenvalue weighted by atomic mass is 35.5. The van der Waals surface area contributed by atoms with E-state index in [0.29, 0.717) is 28.9 Å². The van der Waals surface area contributed by atoms with Crippen LogP contribution in [0, 0.1) is 5.92 Å². The minimum atomic E-state index is -1.67. The van der Waals surface area contributed by atoms with Crippen LogP contribution >= 0.6 is 23.2 Å². The fraction of sp³-hybridized carbons (Fsp3) is 0.389. The van der Waals surface area contributed by atoms with E-state index in [1.165, 1.54) is 24.5 Å². The Labute approximate surface area is 317 Å². The first-order valence-electron chi connectivity index (χ1n) is 17.4. The molecule has 2 unspecified atom stereocenters. The lowest BCUT2D eigenvalue weighted by atomic mass is 9.84. The van der Waals surface area contributed by atoms with Crippen LogP contribution < -0.4 is 22.0 Å². The zero-order valence-electron chi connectivity index (χ0n) is 28.9. The lowest BCUT2D eigenvalue weighted by Crippen LogP contribution is -2.49. The summed E-state index contributed by atoms with van der Waals surface area (Å²) in [6.45, 7) is -1.19. The Balaban J connectivity index is 1.21. The number of carbonyl (C=O) groups is 5. The monoisotopic (exact) mass is 781 g/mol.